The summed E-state index contributed by atoms with van der Waals surface area (Å²) >= 11 is 0. The van der Waals surface area contributed by atoms with Crippen LogP contribution < -0.4 is 14.8 Å². The lowest BCUT2D eigenvalue weighted by Gasteiger charge is -2.31. The van der Waals surface area contributed by atoms with Crippen molar-refractivity contribution < 1.29 is 19.4 Å². The number of nitrogens with one attached hydrogen (secondary N) is 1. The van der Waals surface area contributed by atoms with Gasteiger partial charge in [-0.15, -0.1) is 0 Å². The second-order valence-corrected chi connectivity index (χ2v) is 4.67. The summed E-state index contributed by atoms with van der Waals surface area (Å²) in [6, 6.07) is 5.04. The van der Waals surface area contributed by atoms with Crippen LogP contribution in [0.3, 0.4) is 0 Å². The molecule has 0 aliphatic heterocycles. The number of carbonyl (C=O) groups excluding carboxylic acids is 1. The predicted octanol–water partition coefficient (Wildman–Crippen LogP) is 1.98. The van der Waals surface area contributed by atoms with Gasteiger partial charge in [-0.25, -0.2) is 0 Å². The van der Waals surface area contributed by atoms with Crippen LogP contribution in [0.15, 0.2) is 18.2 Å². The van der Waals surface area contributed by atoms with Crippen LogP contribution in [0.5, 0.6) is 11.5 Å². The Kier molecular flexibility index (Phi) is 5.82. The van der Waals surface area contributed by atoms with Gasteiger partial charge in [-0.3, -0.25) is 4.79 Å². The maximum atomic E-state index is 12.4. The van der Waals surface area contributed by atoms with Gasteiger partial charge in [0.1, 0.15) is 11.5 Å². The maximum absolute atomic E-state index is 12.4. The molecule has 0 saturated carbocycles. The molecule has 1 aromatic rings. The molecule has 1 amide bonds. The number of methoxy groups -OCH3 is 2. The first-order chi connectivity index (χ1) is 9.55. The Labute approximate surface area is 119 Å². The Bertz CT molecular complexity index is 447. The highest BCUT2D eigenvalue weighted by molar-refractivity contribution is 5.97. The minimum absolute atomic E-state index is 0.0992. The molecule has 0 radical (unpaired) electrons. The van der Waals surface area contributed by atoms with Crippen LogP contribution in [0, 0.1) is 0 Å². The van der Waals surface area contributed by atoms with Crippen LogP contribution in [0.2, 0.25) is 0 Å². The number of hydrogen-bond acceptors (Lipinski definition) is 4. The van der Waals surface area contributed by atoms with Crippen molar-refractivity contribution in [2.75, 3.05) is 20.8 Å². The lowest BCUT2D eigenvalue weighted by atomic mass is 9.93. The molecular formula is C15H23NO4. The molecular weight excluding hydrogens is 258 g/mol. The summed E-state index contributed by atoms with van der Waals surface area (Å²) in [4.78, 5) is 12.4. The highest BCUT2D eigenvalue weighted by atomic mass is 16.5. The van der Waals surface area contributed by atoms with E-state index < -0.39 is 5.54 Å². The lowest BCUT2D eigenvalue weighted by Crippen LogP contribution is -2.50. The summed E-state index contributed by atoms with van der Waals surface area (Å²) in [6.07, 6.45) is 1.30. The van der Waals surface area contributed by atoms with Crippen molar-refractivity contribution in [3.63, 3.8) is 0 Å². The number of rotatable bonds is 7. The van der Waals surface area contributed by atoms with Gasteiger partial charge in [0, 0.05) is 0 Å². The summed E-state index contributed by atoms with van der Waals surface area (Å²) in [7, 11) is 3.05. The fraction of sp³-hybridized carbons (Fsp3) is 0.533. The van der Waals surface area contributed by atoms with Gasteiger partial charge < -0.3 is 19.9 Å². The third-order valence-electron chi connectivity index (χ3n) is 3.69. The second kappa shape index (κ2) is 7.14. The topological polar surface area (TPSA) is 67.8 Å². The molecule has 0 bridgehead atoms. The van der Waals surface area contributed by atoms with Crippen molar-refractivity contribution in [1.82, 2.24) is 5.32 Å². The van der Waals surface area contributed by atoms with E-state index in [1.165, 1.54) is 7.11 Å². The van der Waals surface area contributed by atoms with Crippen LogP contribution in [0.1, 0.15) is 37.0 Å². The summed E-state index contributed by atoms with van der Waals surface area (Å²) in [5.41, 5.74) is -0.211. The molecule has 20 heavy (non-hydrogen) atoms. The van der Waals surface area contributed by atoms with E-state index in [9.17, 15) is 9.90 Å². The number of hydrogen-bond donors (Lipinski definition) is 2. The van der Waals surface area contributed by atoms with Gasteiger partial charge in [0.2, 0.25) is 0 Å². The molecule has 0 aliphatic carbocycles. The highest BCUT2D eigenvalue weighted by Gasteiger charge is 2.28. The third kappa shape index (κ3) is 3.42. The van der Waals surface area contributed by atoms with Crippen LogP contribution in [-0.4, -0.2) is 37.4 Å². The SMILES string of the molecule is CCC(CC)(CO)NC(=O)c1cc(OC)ccc1OC. The van der Waals surface area contributed by atoms with Crippen LogP contribution in [-0.2, 0) is 0 Å². The maximum Gasteiger partial charge on any atom is 0.255 e. The van der Waals surface area contributed by atoms with Crippen molar-refractivity contribution in [3.8, 4) is 11.5 Å². The average molecular weight is 281 g/mol. The van der Waals surface area contributed by atoms with E-state index in [-0.39, 0.29) is 12.5 Å². The molecule has 0 unspecified atom stereocenters. The van der Waals surface area contributed by atoms with Crippen molar-refractivity contribution in [3.05, 3.63) is 23.8 Å². The quantitative estimate of drug-likeness (QED) is 0.802. The second-order valence-electron chi connectivity index (χ2n) is 4.67. The van der Waals surface area contributed by atoms with E-state index in [4.69, 9.17) is 9.47 Å². The summed E-state index contributed by atoms with van der Waals surface area (Å²) < 4.78 is 10.3. The van der Waals surface area contributed by atoms with Gasteiger partial charge in [-0.1, -0.05) is 13.8 Å². The highest BCUT2D eigenvalue weighted by Crippen LogP contribution is 2.25. The number of aliphatic hydroxyl groups excluding tert-OH is 1. The number of ether oxygens (including phenoxy) is 2. The standard InChI is InChI=1S/C15H23NO4/c1-5-15(6-2,10-17)16-14(18)12-9-11(19-3)7-8-13(12)20-4/h7-9,17H,5-6,10H2,1-4H3,(H,16,18). The average Bonchev–Trinajstić information content (AvgIpc) is 2.51. The zero-order chi connectivity index (χ0) is 15.2. The lowest BCUT2D eigenvalue weighted by molar-refractivity contribution is 0.0814. The number of aliphatic hydroxyl groups is 1. The first-order valence-corrected chi connectivity index (χ1v) is 6.71. The van der Waals surface area contributed by atoms with E-state index in [0.717, 1.165) is 0 Å². The fourth-order valence-electron chi connectivity index (χ4n) is 1.99. The van der Waals surface area contributed by atoms with E-state index in [2.05, 4.69) is 5.32 Å². The van der Waals surface area contributed by atoms with Gasteiger partial charge in [0.05, 0.1) is 31.9 Å². The number of benzene rings is 1. The summed E-state index contributed by atoms with van der Waals surface area (Å²) in [5.74, 6) is 0.777. The Morgan fingerprint density at radius 2 is 1.90 bits per heavy atom. The molecule has 0 aromatic heterocycles. The Morgan fingerprint density at radius 1 is 1.25 bits per heavy atom. The molecule has 5 nitrogen and oxygen atoms in total. The first kappa shape index (κ1) is 16.3. The Balaban J connectivity index is 3.07. The molecule has 0 fully saturated rings. The molecule has 0 aliphatic rings. The van der Waals surface area contributed by atoms with Gasteiger partial charge in [0.25, 0.3) is 5.91 Å². The molecule has 0 heterocycles. The monoisotopic (exact) mass is 281 g/mol. The van der Waals surface area contributed by atoms with Crippen LogP contribution >= 0.6 is 0 Å². The minimum Gasteiger partial charge on any atom is -0.497 e. The van der Waals surface area contributed by atoms with E-state index in [1.807, 2.05) is 13.8 Å². The number of carbonyl (C=O) groups is 1. The predicted molar refractivity (Wildman–Crippen MR) is 77.4 cm³/mol. The molecule has 0 spiro atoms. The molecule has 112 valence electrons. The zero-order valence-electron chi connectivity index (χ0n) is 12.5. The van der Waals surface area contributed by atoms with Crippen molar-refractivity contribution in [2.45, 2.75) is 32.2 Å². The summed E-state index contributed by atoms with van der Waals surface area (Å²) in [6.45, 7) is 3.77. The van der Waals surface area contributed by atoms with E-state index in [1.54, 1.807) is 25.3 Å². The summed E-state index contributed by atoms with van der Waals surface area (Å²) in [5, 5.41) is 12.4. The number of amides is 1. The smallest absolute Gasteiger partial charge is 0.255 e. The molecule has 5 heteroatoms. The van der Waals surface area contributed by atoms with Gasteiger partial charge in [-0.05, 0) is 31.0 Å². The normalized spacial score (nSPS) is 11.1. The Morgan fingerprint density at radius 3 is 2.35 bits per heavy atom. The molecule has 0 atom stereocenters. The van der Waals surface area contributed by atoms with Crippen LogP contribution in [0.4, 0.5) is 0 Å². The third-order valence-corrected chi connectivity index (χ3v) is 3.69. The molecule has 1 rings (SSSR count). The van der Waals surface area contributed by atoms with Gasteiger partial charge in [-0.2, -0.15) is 0 Å². The van der Waals surface area contributed by atoms with Gasteiger partial charge in [0.15, 0.2) is 0 Å². The van der Waals surface area contributed by atoms with E-state index >= 15 is 0 Å². The minimum atomic E-state index is -0.606. The first-order valence-electron chi connectivity index (χ1n) is 6.71. The molecule has 0 saturated heterocycles. The fourth-order valence-corrected chi connectivity index (χ4v) is 1.99. The van der Waals surface area contributed by atoms with Crippen molar-refractivity contribution in [1.29, 1.82) is 0 Å². The Hall–Kier alpha value is -1.75. The zero-order valence-corrected chi connectivity index (χ0v) is 12.5. The van der Waals surface area contributed by atoms with Crippen LogP contribution in [0.25, 0.3) is 0 Å². The van der Waals surface area contributed by atoms with E-state index in [0.29, 0.717) is 29.9 Å². The largest absolute Gasteiger partial charge is 0.497 e. The van der Waals surface area contributed by atoms with Crippen molar-refractivity contribution in [2.24, 2.45) is 0 Å². The molecule has 2 N–H and O–H groups in total. The molecule has 1 aromatic carbocycles. The van der Waals surface area contributed by atoms with Crippen molar-refractivity contribution >= 4 is 5.91 Å². The van der Waals surface area contributed by atoms with Gasteiger partial charge >= 0.3 is 0 Å².